The number of fused-ring (bicyclic) bond motifs is 1. The predicted molar refractivity (Wildman–Crippen MR) is 150 cm³/mol. The molecule has 3 aliphatic heterocycles. The van der Waals surface area contributed by atoms with Gasteiger partial charge in [0.05, 0.1) is 43.6 Å². The van der Waals surface area contributed by atoms with E-state index in [2.05, 4.69) is 34.6 Å². The Kier molecular flexibility index (Phi) is 9.88. The second-order valence-electron chi connectivity index (χ2n) is 10.5. The van der Waals surface area contributed by atoms with Crippen LogP contribution in [0.5, 0.6) is 6.01 Å². The highest BCUT2D eigenvalue weighted by atomic mass is 19.4. The Bertz CT molecular complexity index is 1320. The highest BCUT2D eigenvalue weighted by molar-refractivity contribution is 5.87. The van der Waals surface area contributed by atoms with Crippen molar-refractivity contribution in [3.63, 3.8) is 0 Å². The molecule has 0 bridgehead atoms. The normalized spacial score (nSPS) is 19.0. The Morgan fingerprint density at radius 3 is 2.50 bits per heavy atom. The van der Waals surface area contributed by atoms with Crippen LogP contribution < -0.4 is 14.5 Å². The lowest BCUT2D eigenvalue weighted by atomic mass is 10.0. The predicted octanol–water partition coefficient (Wildman–Crippen LogP) is 4.03. The summed E-state index contributed by atoms with van der Waals surface area (Å²) in [7, 11) is 3.56. The van der Waals surface area contributed by atoms with E-state index >= 15 is 0 Å². The molecule has 13 heteroatoms. The minimum Gasteiger partial charge on any atom is -0.467 e. The number of alkyl halides is 3. The Balaban J connectivity index is 0.000000600. The van der Waals surface area contributed by atoms with Crippen LogP contribution in [0.4, 0.5) is 29.1 Å². The summed E-state index contributed by atoms with van der Waals surface area (Å²) in [5, 5.41) is 9.27. The lowest BCUT2D eigenvalue weighted by Crippen LogP contribution is -2.55. The number of piperazine rings is 1. The monoisotopic (exact) mass is 589 g/mol. The highest BCUT2D eigenvalue weighted by Crippen LogP contribution is 2.40. The molecule has 0 spiro atoms. The fraction of sp³-hybridized carbons (Fsp3) is 0.517. The van der Waals surface area contributed by atoms with Crippen LogP contribution in [-0.2, 0) is 23.9 Å². The number of benzene rings is 1. The zero-order chi connectivity index (χ0) is 30.4. The third-order valence-electron chi connectivity index (χ3n) is 7.72. The number of amides is 1. The molecule has 0 radical (unpaired) electrons. The van der Waals surface area contributed by atoms with Crippen LogP contribution in [-0.4, -0.2) is 85.1 Å². The van der Waals surface area contributed by atoms with Crippen molar-refractivity contribution in [2.75, 3.05) is 63.2 Å². The third kappa shape index (κ3) is 6.92. The molecule has 1 unspecified atom stereocenters. The van der Waals surface area contributed by atoms with Gasteiger partial charge in [0.2, 0.25) is 5.91 Å². The molecule has 0 saturated carbocycles. The number of methoxy groups -OCH3 is 1. The number of anilines is 2. The largest absolute Gasteiger partial charge is 0.467 e. The number of carbonyl (C=O) groups excluding carboxylic acids is 1. The second-order valence-corrected chi connectivity index (χ2v) is 10.5. The van der Waals surface area contributed by atoms with Crippen molar-refractivity contribution in [2.45, 2.75) is 44.4 Å². The minimum atomic E-state index is -4.85. The maximum atomic E-state index is 14.2. The SMILES string of the molecule is C=CC(=O)N1CCN(c2nc(OC)nc3c2CCN(c2cccc(F)c2C(F)(F)F)C3)CC1CC#N.CN1CCCC1. The van der Waals surface area contributed by atoms with Crippen molar-refractivity contribution in [3.05, 3.63) is 53.5 Å². The van der Waals surface area contributed by atoms with Gasteiger partial charge in [-0.15, -0.1) is 0 Å². The van der Waals surface area contributed by atoms with E-state index in [0.717, 1.165) is 11.6 Å². The van der Waals surface area contributed by atoms with E-state index in [0.29, 0.717) is 37.6 Å². The van der Waals surface area contributed by atoms with E-state index in [9.17, 15) is 27.6 Å². The number of hydrogen-bond donors (Lipinski definition) is 0. The number of nitrogens with zero attached hydrogens (tertiary/aromatic N) is 7. The topological polar surface area (TPSA) is 88.8 Å². The molecule has 9 nitrogen and oxygen atoms in total. The van der Waals surface area contributed by atoms with E-state index in [1.165, 1.54) is 56.1 Å². The van der Waals surface area contributed by atoms with Gasteiger partial charge in [0.15, 0.2) is 0 Å². The molecule has 1 atom stereocenters. The number of aromatic nitrogens is 2. The number of carbonyl (C=O) groups is 1. The lowest BCUT2D eigenvalue weighted by molar-refractivity contribution is -0.139. The Morgan fingerprint density at radius 1 is 1.17 bits per heavy atom. The van der Waals surface area contributed by atoms with Crippen molar-refractivity contribution in [1.29, 1.82) is 5.26 Å². The molecular weight excluding hydrogens is 554 g/mol. The molecule has 2 saturated heterocycles. The summed E-state index contributed by atoms with van der Waals surface area (Å²) in [6.07, 6.45) is -0.377. The van der Waals surface area contributed by atoms with E-state index in [1.54, 1.807) is 4.90 Å². The standard InChI is InChI=1S/C24H24F4N6O2.C5H11N/c1-3-20(35)34-12-11-33(13-15(34)7-9-29)22-16-8-10-32(14-18(16)30-23(31-22)36-2)19-6-4-5-17(25)21(19)24(26,27)28;1-6-4-2-3-5-6/h3-6,15H,1,7-8,10-14H2,2H3;2-5H2,1H3. The van der Waals surface area contributed by atoms with E-state index in [-0.39, 0.29) is 43.2 Å². The number of hydrogen-bond acceptors (Lipinski definition) is 8. The maximum absolute atomic E-state index is 14.2. The van der Waals surface area contributed by atoms with Gasteiger partial charge in [0.25, 0.3) is 0 Å². The zero-order valence-electron chi connectivity index (χ0n) is 23.8. The smallest absolute Gasteiger partial charge is 0.421 e. The average molecular weight is 590 g/mol. The fourth-order valence-electron chi connectivity index (χ4n) is 5.61. The van der Waals surface area contributed by atoms with Gasteiger partial charge in [-0.1, -0.05) is 12.6 Å². The molecule has 42 heavy (non-hydrogen) atoms. The van der Waals surface area contributed by atoms with Gasteiger partial charge < -0.3 is 24.3 Å². The molecule has 2 aromatic rings. The highest BCUT2D eigenvalue weighted by Gasteiger charge is 2.39. The summed E-state index contributed by atoms with van der Waals surface area (Å²) in [5.41, 5.74) is -0.340. The van der Waals surface area contributed by atoms with Crippen LogP contribution in [0.15, 0.2) is 30.9 Å². The van der Waals surface area contributed by atoms with Crippen LogP contribution >= 0.6 is 0 Å². The first kappa shape index (κ1) is 31.0. The average Bonchev–Trinajstić information content (AvgIpc) is 3.46. The van der Waals surface area contributed by atoms with Gasteiger partial charge in [-0.2, -0.15) is 28.4 Å². The van der Waals surface area contributed by atoms with Gasteiger partial charge in [0, 0.05) is 31.7 Å². The molecule has 2 fully saturated rings. The summed E-state index contributed by atoms with van der Waals surface area (Å²) in [6.45, 7) is 7.48. The van der Waals surface area contributed by atoms with Crippen LogP contribution in [0.3, 0.4) is 0 Å². The van der Waals surface area contributed by atoms with Crippen molar-refractivity contribution >= 4 is 17.4 Å². The summed E-state index contributed by atoms with van der Waals surface area (Å²) >= 11 is 0. The number of rotatable bonds is 5. The Hall–Kier alpha value is -3.92. The van der Waals surface area contributed by atoms with Crippen LogP contribution in [0.2, 0.25) is 0 Å². The van der Waals surface area contributed by atoms with Crippen molar-refractivity contribution in [3.8, 4) is 12.1 Å². The quantitative estimate of drug-likeness (QED) is 0.382. The number of ether oxygens (including phenoxy) is 1. The molecule has 1 amide bonds. The van der Waals surface area contributed by atoms with Crippen LogP contribution in [0.25, 0.3) is 0 Å². The number of nitriles is 1. The molecule has 1 aromatic heterocycles. The first-order valence-electron chi connectivity index (χ1n) is 13.8. The molecule has 0 aliphatic carbocycles. The molecule has 226 valence electrons. The van der Waals surface area contributed by atoms with Gasteiger partial charge in [-0.05, 0) is 57.6 Å². The molecule has 1 aromatic carbocycles. The maximum Gasteiger partial charge on any atom is 0.421 e. The van der Waals surface area contributed by atoms with Crippen molar-refractivity contribution in [1.82, 2.24) is 19.8 Å². The van der Waals surface area contributed by atoms with Gasteiger partial charge in [-0.25, -0.2) is 4.39 Å². The summed E-state index contributed by atoms with van der Waals surface area (Å²) in [4.78, 5) is 28.5. The molecular formula is C29H35F4N7O2. The van der Waals surface area contributed by atoms with E-state index in [4.69, 9.17) is 4.74 Å². The fourth-order valence-corrected chi connectivity index (χ4v) is 5.61. The zero-order valence-corrected chi connectivity index (χ0v) is 23.8. The summed E-state index contributed by atoms with van der Waals surface area (Å²) in [5.74, 6) is -1.04. The van der Waals surface area contributed by atoms with Gasteiger partial charge >= 0.3 is 12.2 Å². The van der Waals surface area contributed by atoms with Gasteiger partial charge in [0.1, 0.15) is 17.2 Å². The van der Waals surface area contributed by atoms with Crippen molar-refractivity contribution < 1.29 is 27.1 Å². The number of halogens is 4. The molecule has 4 heterocycles. The van der Waals surface area contributed by atoms with Gasteiger partial charge in [-0.3, -0.25) is 4.79 Å². The van der Waals surface area contributed by atoms with Crippen molar-refractivity contribution in [2.24, 2.45) is 0 Å². The van der Waals surface area contributed by atoms with Crippen LogP contribution in [0.1, 0.15) is 36.1 Å². The van der Waals surface area contributed by atoms with E-state index < -0.39 is 17.6 Å². The third-order valence-corrected chi connectivity index (χ3v) is 7.72. The Morgan fingerprint density at radius 2 is 1.90 bits per heavy atom. The molecule has 0 N–H and O–H groups in total. The summed E-state index contributed by atoms with van der Waals surface area (Å²) in [6, 6.07) is 5.06. The van der Waals surface area contributed by atoms with E-state index in [1.807, 2.05) is 4.90 Å². The Labute approximate surface area is 243 Å². The first-order chi connectivity index (χ1) is 20.1. The number of likely N-dealkylation sites (tertiary alicyclic amines) is 1. The lowest BCUT2D eigenvalue weighted by Gasteiger charge is -2.42. The second kappa shape index (κ2) is 13.4. The van der Waals surface area contributed by atoms with Crippen LogP contribution in [0, 0.1) is 17.1 Å². The summed E-state index contributed by atoms with van der Waals surface area (Å²) < 4.78 is 60.3. The molecule has 3 aliphatic rings. The first-order valence-corrected chi connectivity index (χ1v) is 13.8. The molecule has 5 rings (SSSR count). The minimum absolute atomic E-state index is 0.00425.